The van der Waals surface area contributed by atoms with E-state index in [4.69, 9.17) is 95.4 Å². The van der Waals surface area contributed by atoms with Crippen molar-refractivity contribution < 1.29 is 28.1 Å². The lowest BCUT2D eigenvalue weighted by atomic mass is 10.1. The Morgan fingerprint density at radius 3 is 1.82 bits per heavy atom. The predicted molar refractivity (Wildman–Crippen MR) is 213 cm³/mol. The number of halogens is 7. The van der Waals surface area contributed by atoms with Crippen LogP contribution in [0.5, 0.6) is 0 Å². The topological polar surface area (TPSA) is 115 Å². The summed E-state index contributed by atoms with van der Waals surface area (Å²) in [5.41, 5.74) is 2.25. The van der Waals surface area contributed by atoms with Gasteiger partial charge in [-0.15, -0.1) is 81.2 Å². The van der Waals surface area contributed by atoms with Gasteiger partial charge in [-0.1, -0.05) is 12.1 Å². The standard InChI is InChI=1S/C14H19Cl2NO2.C9H18Cl3N2O2P.C7H15Cl2N2O2P/c15-8-10-17(11-9-16)13-6-4-12(5-7-13)2-1-3-14(18)19;10-2-6-13-5-1-9-16-17(13,15)14(7-3-11)8-4-12;8-2-4-10-14(12)11(6-3-9)5-1-7-13-14/h4-7H,1-3,8-11H2,(H,18,19);1-9H2;1-7H2,(H,10,12). The Morgan fingerprint density at radius 1 is 0.760 bits per heavy atom. The number of benzene rings is 1. The first-order chi connectivity index (χ1) is 24.1. The van der Waals surface area contributed by atoms with E-state index in [2.05, 4.69) is 9.99 Å². The lowest BCUT2D eigenvalue weighted by Crippen LogP contribution is -2.39. The van der Waals surface area contributed by atoms with Crippen LogP contribution in [-0.2, 0) is 29.4 Å². The molecule has 0 saturated carbocycles. The summed E-state index contributed by atoms with van der Waals surface area (Å²) >= 11 is 39.9. The molecular weight excluding hydrogens is 836 g/mol. The number of anilines is 1. The number of rotatable bonds is 21. The quantitative estimate of drug-likeness (QED) is 0.0923. The lowest BCUT2D eigenvalue weighted by Gasteiger charge is -2.40. The number of carboxylic acids is 1. The van der Waals surface area contributed by atoms with Gasteiger partial charge in [-0.2, -0.15) is 0 Å². The van der Waals surface area contributed by atoms with Gasteiger partial charge in [0.1, 0.15) is 0 Å². The molecule has 11 nitrogen and oxygen atoms in total. The van der Waals surface area contributed by atoms with Crippen molar-refractivity contribution in [3.8, 4) is 0 Å². The molecule has 0 bridgehead atoms. The molecule has 3 rings (SSSR count). The third-order valence-corrected chi connectivity index (χ3v) is 13.6. The zero-order chi connectivity index (χ0) is 37.3. The summed E-state index contributed by atoms with van der Waals surface area (Å²) in [6.07, 6.45) is 3.44. The van der Waals surface area contributed by atoms with Crippen LogP contribution in [0.4, 0.5) is 5.69 Å². The van der Waals surface area contributed by atoms with Gasteiger partial charge < -0.3 is 19.1 Å². The molecule has 2 unspecified atom stereocenters. The van der Waals surface area contributed by atoms with Gasteiger partial charge in [0.15, 0.2) is 0 Å². The molecular formula is C30H52Cl7N5O6P2. The van der Waals surface area contributed by atoms with E-state index in [0.29, 0.717) is 93.5 Å². The molecule has 2 atom stereocenters. The van der Waals surface area contributed by atoms with Gasteiger partial charge in [0.2, 0.25) is 0 Å². The molecule has 1 aromatic rings. The summed E-state index contributed by atoms with van der Waals surface area (Å²) in [4.78, 5) is 12.6. The summed E-state index contributed by atoms with van der Waals surface area (Å²) in [6.45, 7) is 6.71. The van der Waals surface area contributed by atoms with Crippen molar-refractivity contribution in [2.75, 3.05) is 118 Å². The number of aryl methyl sites for hydroxylation is 1. The molecule has 2 saturated heterocycles. The van der Waals surface area contributed by atoms with E-state index in [1.165, 1.54) is 0 Å². The fourth-order valence-corrected chi connectivity index (χ4v) is 11.4. The number of hydrogen-bond acceptors (Lipinski definition) is 6. The summed E-state index contributed by atoms with van der Waals surface area (Å²) in [5, 5.41) is 11.4. The van der Waals surface area contributed by atoms with Gasteiger partial charge in [-0.25, -0.2) is 19.1 Å². The monoisotopic (exact) mass is 885 g/mol. The zero-order valence-corrected chi connectivity index (χ0v) is 35.5. The molecule has 0 amide bonds. The van der Waals surface area contributed by atoms with Gasteiger partial charge in [0.25, 0.3) is 0 Å². The second kappa shape index (κ2) is 29.1. The highest BCUT2D eigenvalue weighted by atomic mass is 35.5. The fourth-order valence-electron chi connectivity index (χ4n) is 5.00. The smallest absolute Gasteiger partial charge is 0.346 e. The molecule has 0 radical (unpaired) electrons. The third kappa shape index (κ3) is 18.4. The lowest BCUT2D eigenvalue weighted by molar-refractivity contribution is -0.137. The molecule has 2 fully saturated rings. The normalized spacial score (nSPS) is 21.2. The van der Waals surface area contributed by atoms with Crippen LogP contribution in [0.15, 0.2) is 24.3 Å². The molecule has 2 heterocycles. The Balaban J connectivity index is 0.000000379. The van der Waals surface area contributed by atoms with Gasteiger partial charge in [-0.05, 0) is 43.4 Å². The Hall–Kier alpha value is 0.740. The minimum atomic E-state index is -2.97. The maximum atomic E-state index is 12.9. The SMILES string of the molecule is O=C(O)CCCc1ccc(N(CCCl)CCCl)cc1.O=P1(N(CCCl)CCCl)OCCCN1CCCl.O=P1(NCCCl)OCCCN1CCCl. The third-order valence-electron chi connectivity index (χ3n) is 7.38. The summed E-state index contributed by atoms with van der Waals surface area (Å²) < 4.78 is 41.2. The minimum absolute atomic E-state index is 0.215. The molecule has 2 aliphatic heterocycles. The number of carbonyl (C=O) groups is 1. The van der Waals surface area contributed by atoms with Crippen molar-refractivity contribution in [1.82, 2.24) is 19.1 Å². The summed E-state index contributed by atoms with van der Waals surface area (Å²) in [7, 11) is -5.81. The second-order valence-corrected chi connectivity index (χ2v) is 18.1. The van der Waals surface area contributed by atoms with Crippen molar-refractivity contribution in [3.05, 3.63) is 29.8 Å². The first kappa shape index (κ1) is 48.8. The van der Waals surface area contributed by atoms with E-state index in [1.807, 2.05) is 28.9 Å². The van der Waals surface area contributed by atoms with Crippen LogP contribution >= 0.6 is 96.5 Å². The maximum Gasteiger partial charge on any atom is 0.346 e. The van der Waals surface area contributed by atoms with Crippen LogP contribution < -0.4 is 9.99 Å². The largest absolute Gasteiger partial charge is 0.481 e. The molecule has 2 N–H and O–H groups in total. The number of nitrogens with zero attached hydrogens (tertiary/aromatic N) is 4. The number of aliphatic carboxylic acids is 1. The Bertz CT molecular complexity index is 1120. The highest BCUT2D eigenvalue weighted by molar-refractivity contribution is 7.54. The molecule has 0 spiro atoms. The highest BCUT2D eigenvalue weighted by Gasteiger charge is 2.40. The number of hydrogen-bond donors (Lipinski definition) is 2. The van der Waals surface area contributed by atoms with Crippen LogP contribution in [-0.4, -0.2) is 138 Å². The van der Waals surface area contributed by atoms with Crippen molar-refractivity contribution in [2.45, 2.75) is 32.1 Å². The van der Waals surface area contributed by atoms with Crippen LogP contribution in [0.1, 0.15) is 31.2 Å². The Morgan fingerprint density at radius 2 is 1.30 bits per heavy atom. The zero-order valence-electron chi connectivity index (χ0n) is 28.4. The van der Waals surface area contributed by atoms with Crippen LogP contribution in [0.2, 0.25) is 0 Å². The van der Waals surface area contributed by atoms with Gasteiger partial charge in [0, 0.05) is 112 Å². The Kier molecular flexibility index (Phi) is 28.4. The van der Waals surface area contributed by atoms with E-state index >= 15 is 0 Å². The maximum absolute atomic E-state index is 12.9. The van der Waals surface area contributed by atoms with E-state index in [-0.39, 0.29) is 6.42 Å². The molecule has 50 heavy (non-hydrogen) atoms. The molecule has 1 aromatic carbocycles. The Labute approximate surface area is 333 Å². The van der Waals surface area contributed by atoms with E-state index < -0.39 is 21.3 Å². The van der Waals surface area contributed by atoms with Crippen LogP contribution in [0, 0.1) is 0 Å². The van der Waals surface area contributed by atoms with E-state index in [1.54, 1.807) is 9.34 Å². The number of carboxylic acid groups (broad SMARTS) is 1. The summed E-state index contributed by atoms with van der Waals surface area (Å²) in [6, 6.07) is 8.14. The first-order valence-corrected chi connectivity index (χ1v) is 23.4. The minimum Gasteiger partial charge on any atom is -0.481 e. The number of alkyl halides is 7. The molecule has 20 heteroatoms. The van der Waals surface area contributed by atoms with Crippen molar-refractivity contribution in [1.29, 1.82) is 0 Å². The molecule has 0 aromatic heterocycles. The molecule has 2 aliphatic rings. The second-order valence-electron chi connectivity index (χ2n) is 10.9. The average Bonchev–Trinajstić information content (AvgIpc) is 3.10. The average molecular weight is 889 g/mol. The summed E-state index contributed by atoms with van der Waals surface area (Å²) in [5.74, 6) is 2.50. The predicted octanol–water partition coefficient (Wildman–Crippen LogP) is 8.10. The van der Waals surface area contributed by atoms with Gasteiger partial charge >= 0.3 is 21.3 Å². The first-order valence-electron chi connectivity index (χ1n) is 16.6. The van der Waals surface area contributed by atoms with Crippen LogP contribution in [0.25, 0.3) is 0 Å². The van der Waals surface area contributed by atoms with E-state index in [0.717, 1.165) is 56.7 Å². The highest BCUT2D eigenvalue weighted by Crippen LogP contribution is 2.56. The van der Waals surface area contributed by atoms with Crippen LogP contribution in [0.3, 0.4) is 0 Å². The van der Waals surface area contributed by atoms with E-state index in [9.17, 15) is 13.9 Å². The van der Waals surface area contributed by atoms with Gasteiger partial charge in [0.05, 0.1) is 13.2 Å². The van der Waals surface area contributed by atoms with Crippen molar-refractivity contribution in [3.63, 3.8) is 0 Å². The van der Waals surface area contributed by atoms with Crippen molar-refractivity contribution >= 4 is 108 Å². The number of nitrogens with one attached hydrogen (secondary N) is 1. The van der Waals surface area contributed by atoms with Crippen molar-refractivity contribution in [2.24, 2.45) is 0 Å². The fraction of sp³-hybridized carbons (Fsp3) is 0.767. The molecule has 292 valence electrons. The molecule has 0 aliphatic carbocycles. The van der Waals surface area contributed by atoms with Gasteiger partial charge in [-0.3, -0.25) is 13.9 Å².